The van der Waals surface area contributed by atoms with E-state index in [9.17, 15) is 0 Å². The van der Waals surface area contributed by atoms with Crippen molar-refractivity contribution in [2.24, 2.45) is 0 Å². The smallest absolute Gasteiger partial charge is 1.00 e. The molecule has 0 aliphatic rings. The molecule has 0 saturated carbocycles. The second kappa shape index (κ2) is 7.38. The molecule has 1 heterocycles. The van der Waals surface area contributed by atoms with E-state index in [1.807, 2.05) is 18.2 Å². The van der Waals surface area contributed by atoms with Crippen molar-refractivity contribution in [3.8, 4) is 11.3 Å². The molecular weight excluding hydrogens is 358 g/mol. The third-order valence-corrected chi connectivity index (χ3v) is 3.08. The van der Waals surface area contributed by atoms with Crippen LogP contribution in [0.15, 0.2) is 46.9 Å². The average molecular weight is 371 g/mol. The summed E-state index contributed by atoms with van der Waals surface area (Å²) in [5, 5.41) is 1.16. The Labute approximate surface area is 144 Å². The predicted octanol–water partition coefficient (Wildman–Crippen LogP) is -1.56. The summed E-state index contributed by atoms with van der Waals surface area (Å²) >= 11 is 0. The summed E-state index contributed by atoms with van der Waals surface area (Å²) in [4.78, 5) is 0. The third-order valence-electron chi connectivity index (χ3n) is 3.08. The number of para-hydroxylation sites is 1. The van der Waals surface area contributed by atoms with E-state index in [4.69, 9.17) is 4.42 Å². The van der Waals surface area contributed by atoms with Crippen molar-refractivity contribution in [2.75, 3.05) is 0 Å². The molecule has 0 atom stereocenters. The van der Waals surface area contributed by atoms with Crippen LogP contribution < -0.4 is 24.8 Å². The SMILES string of the molecule is Cc1cc(-c2cc3ccccc3o2)[cH-]c1C.[Cl-].[Cl-].[Zr+3]. The number of hydrogen-bond donors (Lipinski definition) is 0. The van der Waals surface area contributed by atoms with Gasteiger partial charge in [-0.05, 0) is 6.07 Å². The zero-order valence-electron chi connectivity index (χ0n) is 10.7. The fourth-order valence-electron chi connectivity index (χ4n) is 2.00. The van der Waals surface area contributed by atoms with Crippen LogP contribution in [-0.4, -0.2) is 0 Å². The van der Waals surface area contributed by atoms with Crippen LogP contribution in [0.3, 0.4) is 0 Å². The van der Waals surface area contributed by atoms with E-state index < -0.39 is 0 Å². The van der Waals surface area contributed by atoms with Gasteiger partial charge < -0.3 is 29.2 Å². The Balaban J connectivity index is 0.00000108. The van der Waals surface area contributed by atoms with E-state index in [-0.39, 0.29) is 51.0 Å². The van der Waals surface area contributed by atoms with Crippen molar-refractivity contribution < 1.29 is 55.4 Å². The second-order valence-corrected chi connectivity index (χ2v) is 4.26. The van der Waals surface area contributed by atoms with Crippen LogP contribution in [0.1, 0.15) is 11.1 Å². The van der Waals surface area contributed by atoms with Crippen LogP contribution in [-0.2, 0) is 26.2 Å². The van der Waals surface area contributed by atoms with Crippen molar-refractivity contribution in [2.45, 2.75) is 13.8 Å². The molecule has 97 valence electrons. The number of furan rings is 1. The molecule has 3 rings (SSSR count). The van der Waals surface area contributed by atoms with Gasteiger partial charge in [0.05, 0.1) is 5.76 Å². The largest absolute Gasteiger partial charge is 3.00 e. The molecule has 0 fully saturated rings. The van der Waals surface area contributed by atoms with E-state index >= 15 is 0 Å². The number of benzene rings is 1. The quantitative estimate of drug-likeness (QED) is 0.472. The van der Waals surface area contributed by atoms with E-state index in [1.165, 1.54) is 16.7 Å². The maximum absolute atomic E-state index is 5.82. The van der Waals surface area contributed by atoms with Gasteiger partial charge in [-0.3, -0.25) is 0 Å². The number of halogens is 2. The second-order valence-electron chi connectivity index (χ2n) is 4.26. The van der Waals surface area contributed by atoms with Crippen LogP contribution in [0.2, 0.25) is 0 Å². The minimum Gasteiger partial charge on any atom is -1.00 e. The van der Waals surface area contributed by atoms with Gasteiger partial charge in [-0.25, -0.2) is 0 Å². The molecule has 4 heteroatoms. The van der Waals surface area contributed by atoms with Gasteiger partial charge in [-0.1, -0.05) is 38.1 Å². The van der Waals surface area contributed by atoms with Crippen LogP contribution in [0.4, 0.5) is 0 Å². The summed E-state index contributed by atoms with van der Waals surface area (Å²) in [5.41, 5.74) is 4.76. The Kier molecular flexibility index (Phi) is 7.21. The Morgan fingerprint density at radius 3 is 2.26 bits per heavy atom. The van der Waals surface area contributed by atoms with Crippen LogP contribution >= 0.6 is 0 Å². The van der Waals surface area contributed by atoms with Gasteiger partial charge >= 0.3 is 26.2 Å². The molecule has 0 bridgehead atoms. The van der Waals surface area contributed by atoms with Crippen molar-refractivity contribution in [1.82, 2.24) is 0 Å². The Bertz CT molecular complexity index is 603. The molecule has 1 aromatic heterocycles. The van der Waals surface area contributed by atoms with Gasteiger partial charge in [-0.2, -0.15) is 11.6 Å². The standard InChI is InChI=1S/C15H13O.2ClH.Zr/c1-10-7-13(8-11(10)2)15-9-12-5-3-4-6-14(12)16-15;;;/h3-9H,1-2H3;2*1H;/q-1;;;+3/p-2. The predicted molar refractivity (Wildman–Crippen MR) is 66.7 cm³/mol. The maximum atomic E-state index is 5.82. The average Bonchev–Trinajstić information content (AvgIpc) is 2.83. The minimum atomic E-state index is 0. The summed E-state index contributed by atoms with van der Waals surface area (Å²) in [6, 6.07) is 14.6. The fourth-order valence-corrected chi connectivity index (χ4v) is 2.00. The molecule has 0 unspecified atom stereocenters. The molecule has 2 aromatic carbocycles. The first-order chi connectivity index (χ1) is 7.74. The summed E-state index contributed by atoms with van der Waals surface area (Å²) in [6.45, 7) is 4.25. The molecule has 0 aliphatic heterocycles. The zero-order chi connectivity index (χ0) is 11.1. The third kappa shape index (κ3) is 3.57. The van der Waals surface area contributed by atoms with Crippen molar-refractivity contribution in [3.63, 3.8) is 0 Å². The van der Waals surface area contributed by atoms with Crippen molar-refractivity contribution in [3.05, 3.63) is 53.6 Å². The van der Waals surface area contributed by atoms with E-state index in [0.29, 0.717) is 0 Å². The van der Waals surface area contributed by atoms with E-state index in [2.05, 4.69) is 38.1 Å². The van der Waals surface area contributed by atoms with Crippen molar-refractivity contribution in [1.29, 1.82) is 0 Å². The summed E-state index contributed by atoms with van der Waals surface area (Å²) < 4.78 is 5.82. The van der Waals surface area contributed by atoms with Gasteiger partial charge in [0, 0.05) is 5.39 Å². The topological polar surface area (TPSA) is 13.1 Å². The van der Waals surface area contributed by atoms with Crippen LogP contribution in [0.5, 0.6) is 0 Å². The first-order valence-corrected chi connectivity index (χ1v) is 5.47. The minimum absolute atomic E-state index is 0. The number of fused-ring (bicyclic) bond motifs is 1. The van der Waals surface area contributed by atoms with Crippen molar-refractivity contribution >= 4 is 11.0 Å². The van der Waals surface area contributed by atoms with Crippen LogP contribution in [0, 0.1) is 13.8 Å². The molecule has 0 N–H and O–H groups in total. The molecule has 0 aliphatic carbocycles. The Hall–Kier alpha value is -0.427. The van der Waals surface area contributed by atoms with Gasteiger partial charge in [-0.15, -0.1) is 17.2 Å². The van der Waals surface area contributed by atoms with Crippen LogP contribution in [0.25, 0.3) is 22.3 Å². The van der Waals surface area contributed by atoms with E-state index in [1.54, 1.807) is 0 Å². The normalized spacial score (nSPS) is 9.37. The summed E-state index contributed by atoms with van der Waals surface area (Å²) in [7, 11) is 0. The number of rotatable bonds is 1. The maximum Gasteiger partial charge on any atom is 3.00 e. The van der Waals surface area contributed by atoms with Gasteiger partial charge in [0.1, 0.15) is 5.58 Å². The molecule has 19 heavy (non-hydrogen) atoms. The molecular formula is C15H13Cl2OZr. The number of aryl methyl sites for hydroxylation is 2. The molecule has 1 nitrogen and oxygen atoms in total. The first kappa shape index (κ1) is 18.6. The molecule has 3 aromatic rings. The van der Waals surface area contributed by atoms with Gasteiger partial charge in [0.2, 0.25) is 0 Å². The molecule has 0 amide bonds. The first-order valence-electron chi connectivity index (χ1n) is 5.47. The Morgan fingerprint density at radius 1 is 1.00 bits per heavy atom. The van der Waals surface area contributed by atoms with Gasteiger partial charge in [0.25, 0.3) is 0 Å². The van der Waals surface area contributed by atoms with E-state index in [0.717, 1.165) is 16.7 Å². The zero-order valence-corrected chi connectivity index (χ0v) is 14.7. The molecule has 0 saturated heterocycles. The fraction of sp³-hybridized carbons (Fsp3) is 0.133. The molecule has 1 radical (unpaired) electrons. The van der Waals surface area contributed by atoms with Gasteiger partial charge in [0.15, 0.2) is 0 Å². The summed E-state index contributed by atoms with van der Waals surface area (Å²) in [5.74, 6) is 0.956. The summed E-state index contributed by atoms with van der Waals surface area (Å²) in [6.07, 6.45) is 0. The molecule has 0 spiro atoms. The number of hydrogen-bond acceptors (Lipinski definition) is 1. The Morgan fingerprint density at radius 2 is 1.68 bits per heavy atom. The monoisotopic (exact) mass is 369 g/mol.